The zero-order valence-corrected chi connectivity index (χ0v) is 12.8. The van der Waals surface area contributed by atoms with Gasteiger partial charge < -0.3 is 10.0 Å². The van der Waals surface area contributed by atoms with Gasteiger partial charge in [0.05, 0.1) is 0 Å². The molecule has 1 aromatic carbocycles. The van der Waals surface area contributed by atoms with Crippen molar-refractivity contribution in [2.45, 2.75) is 32.7 Å². The van der Waals surface area contributed by atoms with Crippen molar-refractivity contribution in [2.75, 3.05) is 13.7 Å². The molecule has 0 heterocycles. The number of benzene rings is 1. The van der Waals surface area contributed by atoms with Gasteiger partial charge in [-0.25, -0.2) is 0 Å². The van der Waals surface area contributed by atoms with E-state index in [9.17, 15) is 4.79 Å². The minimum atomic E-state index is -0.126. The van der Waals surface area contributed by atoms with Gasteiger partial charge in [0.2, 0.25) is 5.91 Å². The second-order valence-electron chi connectivity index (χ2n) is 5.87. The number of carbonyl (C=O) groups excluding carboxylic acids is 1. The lowest BCUT2D eigenvalue weighted by molar-refractivity contribution is -0.135. The average Bonchev–Trinajstić information content (AvgIpc) is 2.92. The lowest BCUT2D eigenvalue weighted by atomic mass is 9.96. The van der Waals surface area contributed by atoms with Gasteiger partial charge in [0.15, 0.2) is 0 Å². The Morgan fingerprint density at radius 3 is 2.62 bits per heavy atom. The third-order valence-corrected chi connectivity index (χ3v) is 4.24. The number of carbonyl (C=O) groups is 1. The average molecular weight is 285 g/mol. The molecule has 1 aliphatic rings. The highest BCUT2D eigenvalue weighted by Gasteiger charge is 2.31. The van der Waals surface area contributed by atoms with Crippen LogP contribution >= 0.6 is 0 Å². The smallest absolute Gasteiger partial charge is 0.225 e. The summed E-state index contributed by atoms with van der Waals surface area (Å²) in [7, 11) is 1.88. The molecule has 1 fully saturated rings. The van der Waals surface area contributed by atoms with Gasteiger partial charge >= 0.3 is 0 Å². The van der Waals surface area contributed by atoms with E-state index < -0.39 is 0 Å². The van der Waals surface area contributed by atoms with E-state index in [0.29, 0.717) is 12.5 Å². The van der Waals surface area contributed by atoms with Gasteiger partial charge in [-0.1, -0.05) is 37.3 Å². The van der Waals surface area contributed by atoms with E-state index >= 15 is 0 Å². The predicted molar refractivity (Wildman–Crippen MR) is 83.4 cm³/mol. The van der Waals surface area contributed by atoms with Crippen LogP contribution in [0, 0.1) is 23.7 Å². The van der Waals surface area contributed by atoms with Crippen molar-refractivity contribution in [3.8, 4) is 11.8 Å². The van der Waals surface area contributed by atoms with Crippen molar-refractivity contribution in [1.82, 2.24) is 4.90 Å². The van der Waals surface area contributed by atoms with Crippen LogP contribution in [0.4, 0.5) is 0 Å². The topological polar surface area (TPSA) is 40.5 Å². The minimum Gasteiger partial charge on any atom is -0.384 e. The van der Waals surface area contributed by atoms with Crippen LogP contribution in [-0.2, 0) is 11.3 Å². The van der Waals surface area contributed by atoms with Crippen molar-refractivity contribution >= 4 is 5.91 Å². The molecule has 2 atom stereocenters. The van der Waals surface area contributed by atoms with E-state index in [1.54, 1.807) is 0 Å². The van der Waals surface area contributed by atoms with Gasteiger partial charge in [-0.05, 0) is 36.5 Å². The second-order valence-corrected chi connectivity index (χ2v) is 5.87. The molecule has 21 heavy (non-hydrogen) atoms. The van der Waals surface area contributed by atoms with Crippen LogP contribution < -0.4 is 0 Å². The van der Waals surface area contributed by atoms with E-state index in [1.807, 2.05) is 36.2 Å². The van der Waals surface area contributed by atoms with Gasteiger partial charge in [0.25, 0.3) is 0 Å². The third-order valence-electron chi connectivity index (χ3n) is 4.24. The molecule has 0 aromatic heterocycles. The Morgan fingerprint density at radius 2 is 2.05 bits per heavy atom. The minimum absolute atomic E-state index is 0.126. The van der Waals surface area contributed by atoms with Crippen molar-refractivity contribution in [3.05, 3.63) is 35.4 Å². The summed E-state index contributed by atoms with van der Waals surface area (Å²) < 4.78 is 0. The number of aliphatic hydroxyl groups is 1. The van der Waals surface area contributed by atoms with E-state index in [2.05, 4.69) is 18.8 Å². The summed E-state index contributed by atoms with van der Waals surface area (Å²) in [6.45, 7) is 2.69. The molecule has 0 aliphatic heterocycles. The summed E-state index contributed by atoms with van der Waals surface area (Å²) in [5.41, 5.74) is 1.98. The molecule has 0 bridgehead atoms. The number of hydrogen-bond donors (Lipinski definition) is 1. The Bertz CT molecular complexity index is 539. The number of rotatable bonds is 3. The summed E-state index contributed by atoms with van der Waals surface area (Å²) in [5.74, 6) is 6.47. The first-order valence-corrected chi connectivity index (χ1v) is 7.55. The zero-order valence-electron chi connectivity index (χ0n) is 12.8. The first-order valence-electron chi connectivity index (χ1n) is 7.55. The molecule has 2 unspecified atom stereocenters. The lowest BCUT2D eigenvalue weighted by Crippen LogP contribution is -2.33. The summed E-state index contributed by atoms with van der Waals surface area (Å²) in [5, 5.41) is 8.67. The normalized spacial score (nSPS) is 20.7. The van der Waals surface area contributed by atoms with Crippen LogP contribution in [0.25, 0.3) is 0 Å². The highest BCUT2D eigenvalue weighted by atomic mass is 16.2. The van der Waals surface area contributed by atoms with Gasteiger partial charge in [0, 0.05) is 25.1 Å². The molecule has 1 aliphatic carbocycles. The molecule has 0 saturated heterocycles. The van der Waals surface area contributed by atoms with Crippen LogP contribution in [0.3, 0.4) is 0 Å². The molecule has 1 aromatic rings. The van der Waals surface area contributed by atoms with Crippen LogP contribution in [0.2, 0.25) is 0 Å². The van der Waals surface area contributed by atoms with Gasteiger partial charge in [-0.3, -0.25) is 4.79 Å². The fourth-order valence-corrected chi connectivity index (χ4v) is 2.98. The largest absolute Gasteiger partial charge is 0.384 e. The van der Waals surface area contributed by atoms with Crippen molar-refractivity contribution in [3.63, 3.8) is 0 Å². The predicted octanol–water partition coefficient (Wildman–Crippen LogP) is 2.43. The van der Waals surface area contributed by atoms with E-state index in [0.717, 1.165) is 17.5 Å². The Labute approximate surface area is 127 Å². The monoisotopic (exact) mass is 285 g/mol. The number of amides is 1. The molecule has 2 rings (SSSR count). The molecule has 0 spiro atoms. The maximum absolute atomic E-state index is 12.4. The molecule has 1 N–H and O–H groups in total. The molecule has 3 nitrogen and oxygen atoms in total. The van der Waals surface area contributed by atoms with E-state index in [-0.39, 0.29) is 18.4 Å². The molecule has 1 amide bonds. The Morgan fingerprint density at radius 1 is 1.33 bits per heavy atom. The Balaban J connectivity index is 1.95. The second kappa shape index (κ2) is 7.28. The highest BCUT2D eigenvalue weighted by Crippen LogP contribution is 2.32. The molecular formula is C18H23NO2. The Hall–Kier alpha value is -1.79. The summed E-state index contributed by atoms with van der Waals surface area (Å²) in [6, 6.07) is 7.83. The van der Waals surface area contributed by atoms with Crippen LogP contribution in [0.1, 0.15) is 37.3 Å². The number of nitrogens with zero attached hydrogens (tertiary/aromatic N) is 1. The van der Waals surface area contributed by atoms with Crippen LogP contribution in [0.15, 0.2) is 24.3 Å². The van der Waals surface area contributed by atoms with E-state index in [1.165, 1.54) is 12.8 Å². The third kappa shape index (κ3) is 4.09. The van der Waals surface area contributed by atoms with E-state index in [4.69, 9.17) is 5.11 Å². The SMILES string of the molecule is CC1CCCC1C(=O)N(C)Cc1ccc(C#CCO)cc1. The van der Waals surface area contributed by atoms with Crippen LogP contribution in [0.5, 0.6) is 0 Å². The fourth-order valence-electron chi connectivity index (χ4n) is 2.98. The maximum Gasteiger partial charge on any atom is 0.225 e. The molecule has 112 valence electrons. The van der Waals surface area contributed by atoms with Crippen LogP contribution in [-0.4, -0.2) is 29.6 Å². The van der Waals surface area contributed by atoms with Gasteiger partial charge in [-0.2, -0.15) is 0 Å². The molecule has 1 saturated carbocycles. The van der Waals surface area contributed by atoms with Crippen molar-refractivity contribution in [1.29, 1.82) is 0 Å². The first-order chi connectivity index (χ1) is 10.1. The number of hydrogen-bond acceptors (Lipinski definition) is 2. The molecular weight excluding hydrogens is 262 g/mol. The Kier molecular flexibility index (Phi) is 5.41. The number of aliphatic hydroxyl groups excluding tert-OH is 1. The maximum atomic E-state index is 12.4. The summed E-state index contributed by atoms with van der Waals surface area (Å²) in [6.07, 6.45) is 3.37. The quantitative estimate of drug-likeness (QED) is 0.867. The summed E-state index contributed by atoms with van der Waals surface area (Å²) in [4.78, 5) is 14.3. The summed E-state index contributed by atoms with van der Waals surface area (Å²) >= 11 is 0. The van der Waals surface area contributed by atoms with Gasteiger partial charge in [-0.15, -0.1) is 0 Å². The fraction of sp³-hybridized carbons (Fsp3) is 0.500. The van der Waals surface area contributed by atoms with Crippen molar-refractivity contribution < 1.29 is 9.90 Å². The lowest BCUT2D eigenvalue weighted by Gasteiger charge is -2.23. The van der Waals surface area contributed by atoms with Crippen molar-refractivity contribution in [2.24, 2.45) is 11.8 Å². The highest BCUT2D eigenvalue weighted by molar-refractivity contribution is 5.79. The standard InChI is InChI=1S/C18H23NO2/c1-14-5-3-7-17(14)18(21)19(2)13-16-10-8-15(9-11-16)6-4-12-20/h8-11,14,17,20H,3,5,7,12-13H2,1-2H3. The first kappa shape index (κ1) is 15.6. The van der Waals surface area contributed by atoms with Gasteiger partial charge in [0.1, 0.15) is 6.61 Å². The zero-order chi connectivity index (χ0) is 15.2. The molecule has 3 heteroatoms. The molecule has 0 radical (unpaired) electrons.